The highest BCUT2D eigenvalue weighted by atomic mass is 32.2. The maximum Gasteiger partial charge on any atom is 0.274 e. The summed E-state index contributed by atoms with van der Waals surface area (Å²) in [5, 5.41) is 17.0. The molecule has 214 valence electrons. The number of ether oxygens (including phenoxy) is 1. The van der Waals surface area contributed by atoms with Crippen LogP contribution in [0.1, 0.15) is 40.4 Å². The molecule has 1 aliphatic rings. The van der Waals surface area contributed by atoms with Crippen molar-refractivity contribution in [2.24, 2.45) is 13.0 Å². The minimum atomic E-state index is -3.82. The van der Waals surface area contributed by atoms with E-state index in [1.165, 1.54) is 28.2 Å². The number of hydrogen-bond acceptors (Lipinski definition) is 7. The van der Waals surface area contributed by atoms with Crippen LogP contribution in [0.25, 0.3) is 0 Å². The van der Waals surface area contributed by atoms with E-state index in [1.807, 2.05) is 6.92 Å². The van der Waals surface area contributed by atoms with Gasteiger partial charge in [0.15, 0.2) is 5.75 Å². The number of hydrogen-bond donors (Lipinski definition) is 2. The normalized spacial score (nSPS) is 18.5. The van der Waals surface area contributed by atoms with Gasteiger partial charge in [-0.2, -0.15) is 9.40 Å². The molecule has 0 radical (unpaired) electrons. The molecule has 1 aliphatic heterocycles. The SMILES string of the molecule is Cc1cc(C(=O)Nc2cccc3c2O[C@@H](CN(C)S(=O)(=O)c2ccccc2)[C@@H](C)CN([C@H](C)CO)C3=O)n(C)n1. The molecule has 11 nitrogen and oxygen atoms in total. The van der Waals surface area contributed by atoms with E-state index in [1.54, 1.807) is 68.3 Å². The Morgan fingerprint density at radius 2 is 1.93 bits per heavy atom. The molecule has 0 unspecified atom stereocenters. The van der Waals surface area contributed by atoms with Crippen LogP contribution >= 0.6 is 0 Å². The highest BCUT2D eigenvalue weighted by Crippen LogP contribution is 2.35. The maximum absolute atomic E-state index is 13.7. The summed E-state index contributed by atoms with van der Waals surface area (Å²) in [6.07, 6.45) is -0.694. The molecule has 2 N–H and O–H groups in total. The zero-order valence-corrected chi connectivity index (χ0v) is 24.1. The van der Waals surface area contributed by atoms with Gasteiger partial charge in [0.25, 0.3) is 11.8 Å². The third-order valence-corrected chi connectivity index (χ3v) is 8.90. The van der Waals surface area contributed by atoms with Gasteiger partial charge in [0.05, 0.1) is 41.0 Å². The van der Waals surface area contributed by atoms with Gasteiger partial charge < -0.3 is 20.1 Å². The zero-order valence-electron chi connectivity index (χ0n) is 23.2. The fraction of sp³-hybridized carbons (Fsp3) is 0.393. The van der Waals surface area contributed by atoms with Crippen molar-refractivity contribution in [1.82, 2.24) is 19.0 Å². The summed E-state index contributed by atoms with van der Waals surface area (Å²) in [4.78, 5) is 28.5. The smallest absolute Gasteiger partial charge is 0.274 e. The van der Waals surface area contributed by atoms with Crippen LogP contribution in [0.15, 0.2) is 59.5 Å². The monoisotopic (exact) mass is 569 g/mol. The highest BCUT2D eigenvalue weighted by Gasteiger charge is 2.36. The lowest BCUT2D eigenvalue weighted by Crippen LogP contribution is -2.50. The first-order chi connectivity index (χ1) is 18.9. The molecule has 3 aromatic rings. The number of nitrogens with one attached hydrogen (secondary N) is 1. The minimum absolute atomic E-state index is 0.0173. The van der Waals surface area contributed by atoms with Gasteiger partial charge >= 0.3 is 0 Å². The fourth-order valence-electron chi connectivity index (χ4n) is 4.69. The van der Waals surface area contributed by atoms with Crippen LogP contribution in [0.2, 0.25) is 0 Å². The molecular weight excluding hydrogens is 534 g/mol. The lowest BCUT2D eigenvalue weighted by molar-refractivity contribution is 0.0388. The van der Waals surface area contributed by atoms with Crippen molar-refractivity contribution >= 4 is 27.5 Å². The Balaban J connectivity index is 1.74. The molecule has 2 heterocycles. The van der Waals surface area contributed by atoms with E-state index in [0.29, 0.717) is 11.4 Å². The quantitative estimate of drug-likeness (QED) is 0.426. The number of aliphatic hydroxyl groups excluding tert-OH is 1. The summed E-state index contributed by atoms with van der Waals surface area (Å²) in [5.74, 6) is -0.997. The Morgan fingerprint density at radius 3 is 2.55 bits per heavy atom. The number of aliphatic hydroxyl groups is 1. The highest BCUT2D eigenvalue weighted by molar-refractivity contribution is 7.89. The molecule has 0 spiro atoms. The van der Waals surface area contributed by atoms with Gasteiger partial charge in [-0.3, -0.25) is 14.3 Å². The van der Waals surface area contributed by atoms with Crippen molar-refractivity contribution in [3.63, 3.8) is 0 Å². The Kier molecular flexibility index (Phi) is 8.62. The second-order valence-corrected chi connectivity index (χ2v) is 12.2. The Bertz CT molecular complexity index is 1490. The first-order valence-electron chi connectivity index (χ1n) is 13.0. The van der Waals surface area contributed by atoms with Gasteiger partial charge in [-0.25, -0.2) is 8.42 Å². The molecule has 40 heavy (non-hydrogen) atoms. The lowest BCUT2D eigenvalue weighted by atomic mass is 9.99. The van der Waals surface area contributed by atoms with E-state index in [-0.39, 0.29) is 53.4 Å². The fourth-order valence-corrected chi connectivity index (χ4v) is 5.90. The molecule has 4 rings (SSSR count). The number of fused-ring (bicyclic) bond motifs is 1. The lowest BCUT2D eigenvalue weighted by Gasteiger charge is -2.38. The molecule has 0 saturated heterocycles. The number of likely N-dealkylation sites (N-methyl/N-ethyl adjacent to an activating group) is 1. The predicted molar refractivity (Wildman–Crippen MR) is 150 cm³/mol. The third-order valence-electron chi connectivity index (χ3n) is 7.06. The number of benzene rings is 2. The second-order valence-electron chi connectivity index (χ2n) is 10.2. The zero-order chi connectivity index (χ0) is 29.2. The van der Waals surface area contributed by atoms with Gasteiger partial charge in [0.1, 0.15) is 11.8 Å². The van der Waals surface area contributed by atoms with E-state index in [2.05, 4.69) is 10.4 Å². The average molecular weight is 570 g/mol. The number of carbonyl (C=O) groups is 2. The molecular formula is C28H35N5O6S. The minimum Gasteiger partial charge on any atom is -0.486 e. The molecule has 12 heteroatoms. The number of anilines is 1. The van der Waals surface area contributed by atoms with Crippen molar-refractivity contribution in [2.45, 2.75) is 37.8 Å². The molecule has 0 bridgehead atoms. The van der Waals surface area contributed by atoms with Gasteiger partial charge in [-0.1, -0.05) is 31.2 Å². The van der Waals surface area contributed by atoms with Gasteiger partial charge in [-0.15, -0.1) is 0 Å². The van der Waals surface area contributed by atoms with Crippen LogP contribution in [0.3, 0.4) is 0 Å². The second kappa shape index (κ2) is 11.8. The summed E-state index contributed by atoms with van der Waals surface area (Å²) >= 11 is 0. The molecule has 0 fully saturated rings. The van der Waals surface area contributed by atoms with E-state index in [4.69, 9.17) is 4.74 Å². The van der Waals surface area contributed by atoms with Crippen LogP contribution in [0.5, 0.6) is 5.75 Å². The molecule has 3 atom stereocenters. The first kappa shape index (κ1) is 29.2. The standard InChI is InChI=1S/C28H35N5O6S/c1-18-15-33(20(3)17-34)28(36)22-12-9-13-23(29-27(35)24-14-19(2)30-32(24)5)26(22)39-25(18)16-31(4)40(37,38)21-10-7-6-8-11-21/h6-14,18,20,25,34H,15-17H2,1-5H3,(H,29,35)/t18-,20+,25-/m0/s1. The van der Waals surface area contributed by atoms with E-state index in [9.17, 15) is 23.1 Å². The summed E-state index contributed by atoms with van der Waals surface area (Å²) in [5.41, 5.74) is 1.46. The van der Waals surface area contributed by atoms with E-state index in [0.717, 1.165) is 0 Å². The van der Waals surface area contributed by atoms with Crippen LogP contribution < -0.4 is 10.1 Å². The largest absolute Gasteiger partial charge is 0.486 e. The summed E-state index contributed by atoms with van der Waals surface area (Å²) in [6.45, 7) is 5.34. The number of para-hydroxylation sites is 1. The number of sulfonamides is 1. The molecule has 0 aliphatic carbocycles. The Labute approximate surface area is 234 Å². The van der Waals surface area contributed by atoms with Crippen molar-refractivity contribution in [1.29, 1.82) is 0 Å². The molecule has 2 aromatic carbocycles. The molecule has 0 saturated carbocycles. The van der Waals surface area contributed by atoms with Crippen LogP contribution in [-0.2, 0) is 17.1 Å². The van der Waals surface area contributed by atoms with E-state index >= 15 is 0 Å². The first-order valence-corrected chi connectivity index (χ1v) is 14.4. The number of aromatic nitrogens is 2. The Morgan fingerprint density at radius 1 is 1.23 bits per heavy atom. The van der Waals surface area contributed by atoms with Crippen molar-refractivity contribution in [3.8, 4) is 5.75 Å². The summed E-state index contributed by atoms with van der Waals surface area (Å²) in [7, 11) is -0.679. The number of amides is 2. The average Bonchev–Trinajstić information content (AvgIpc) is 3.28. The number of aryl methyl sites for hydroxylation is 2. The number of nitrogens with zero attached hydrogens (tertiary/aromatic N) is 4. The van der Waals surface area contributed by atoms with Gasteiger partial charge in [0, 0.05) is 26.6 Å². The van der Waals surface area contributed by atoms with Gasteiger partial charge in [-0.05, 0) is 44.2 Å². The number of carbonyl (C=O) groups excluding carboxylic acids is 2. The van der Waals surface area contributed by atoms with Crippen LogP contribution in [-0.4, -0.2) is 83.2 Å². The number of rotatable bonds is 8. The molecule has 1 aromatic heterocycles. The maximum atomic E-state index is 13.7. The third kappa shape index (κ3) is 5.88. The molecule has 2 amide bonds. The predicted octanol–water partition coefficient (Wildman–Crippen LogP) is 2.52. The van der Waals surface area contributed by atoms with Crippen molar-refractivity contribution < 1.29 is 27.9 Å². The topological polar surface area (TPSA) is 134 Å². The summed E-state index contributed by atoms with van der Waals surface area (Å²) < 4.78 is 35.7. The van der Waals surface area contributed by atoms with Crippen molar-refractivity contribution in [3.05, 3.63) is 71.5 Å². The van der Waals surface area contributed by atoms with Crippen LogP contribution in [0, 0.1) is 12.8 Å². The van der Waals surface area contributed by atoms with Crippen LogP contribution in [0.4, 0.5) is 5.69 Å². The van der Waals surface area contributed by atoms with E-state index < -0.39 is 28.1 Å². The Hall–Kier alpha value is -3.74. The van der Waals surface area contributed by atoms with Crippen molar-refractivity contribution in [2.75, 3.05) is 32.1 Å². The van der Waals surface area contributed by atoms with Gasteiger partial charge in [0.2, 0.25) is 10.0 Å². The summed E-state index contributed by atoms with van der Waals surface area (Å²) in [6, 6.07) is 14.1.